The lowest BCUT2D eigenvalue weighted by molar-refractivity contribution is 0.407. The predicted molar refractivity (Wildman–Crippen MR) is 95.2 cm³/mol. The van der Waals surface area contributed by atoms with Gasteiger partial charge in [-0.05, 0) is 85.3 Å². The Balaban J connectivity index is 1.60. The summed E-state index contributed by atoms with van der Waals surface area (Å²) in [6.07, 6.45) is 6.85. The summed E-state index contributed by atoms with van der Waals surface area (Å²) < 4.78 is 41.4. The largest absolute Gasteiger partial charge is 0.207 e. The minimum absolute atomic E-state index is 0.113. The van der Waals surface area contributed by atoms with E-state index in [4.69, 9.17) is 0 Å². The molecule has 0 N–H and O–H groups in total. The van der Waals surface area contributed by atoms with Gasteiger partial charge in [0.25, 0.3) is 0 Å². The van der Waals surface area contributed by atoms with Crippen LogP contribution in [0.4, 0.5) is 13.2 Å². The van der Waals surface area contributed by atoms with Crippen LogP contribution < -0.4 is 0 Å². The molecule has 2 aromatic carbocycles. The van der Waals surface area contributed by atoms with Gasteiger partial charge in [0.05, 0.1) is 0 Å². The van der Waals surface area contributed by atoms with Gasteiger partial charge in [0.1, 0.15) is 5.82 Å². The molecule has 0 bridgehead atoms. The fourth-order valence-electron chi connectivity index (χ4n) is 3.79. The SMILES string of the molecule is CCCCc1ccc(CCC2CCc3c(ccc(F)c3F)C2)c(F)c1. The molecule has 0 aliphatic heterocycles. The molecule has 0 aromatic heterocycles. The molecule has 0 radical (unpaired) electrons. The van der Waals surface area contributed by atoms with E-state index >= 15 is 0 Å². The summed E-state index contributed by atoms with van der Waals surface area (Å²) in [7, 11) is 0. The van der Waals surface area contributed by atoms with E-state index in [-0.39, 0.29) is 5.82 Å². The topological polar surface area (TPSA) is 0 Å². The molecule has 1 aliphatic rings. The van der Waals surface area contributed by atoms with E-state index < -0.39 is 11.6 Å². The van der Waals surface area contributed by atoms with E-state index in [0.29, 0.717) is 24.3 Å². The fourth-order valence-corrected chi connectivity index (χ4v) is 3.79. The van der Waals surface area contributed by atoms with Crippen LogP contribution in [0.5, 0.6) is 0 Å². The van der Waals surface area contributed by atoms with Crippen LogP contribution in [0.3, 0.4) is 0 Å². The first-order chi connectivity index (χ1) is 12.1. The van der Waals surface area contributed by atoms with Crippen LogP contribution in [0.1, 0.15) is 54.9 Å². The minimum Gasteiger partial charge on any atom is -0.207 e. The van der Waals surface area contributed by atoms with Crippen molar-refractivity contribution in [2.45, 2.75) is 58.3 Å². The van der Waals surface area contributed by atoms with Gasteiger partial charge in [-0.25, -0.2) is 13.2 Å². The van der Waals surface area contributed by atoms with Gasteiger partial charge in [0.2, 0.25) is 0 Å². The standard InChI is InChI=1S/C22H25F3/c1-2-3-4-15-5-8-17(21(24)14-15)9-6-16-7-11-19-18(13-16)10-12-20(23)22(19)25/h5,8,10,12,14,16H,2-4,6-7,9,11,13H2,1H3. The highest BCUT2D eigenvalue weighted by atomic mass is 19.2. The van der Waals surface area contributed by atoms with Gasteiger partial charge in [0.15, 0.2) is 11.6 Å². The molecule has 3 heteroatoms. The van der Waals surface area contributed by atoms with Crippen LogP contribution in [0.25, 0.3) is 0 Å². The van der Waals surface area contributed by atoms with Crippen molar-refractivity contribution < 1.29 is 13.2 Å². The predicted octanol–water partition coefficient (Wildman–Crippen LogP) is 6.18. The molecule has 0 nitrogen and oxygen atoms in total. The average molecular weight is 346 g/mol. The molecule has 0 fully saturated rings. The van der Waals surface area contributed by atoms with E-state index in [9.17, 15) is 13.2 Å². The second-order valence-corrected chi connectivity index (χ2v) is 7.18. The molecule has 0 spiro atoms. The van der Waals surface area contributed by atoms with Crippen molar-refractivity contribution in [2.24, 2.45) is 5.92 Å². The maximum absolute atomic E-state index is 14.3. The fraction of sp³-hybridized carbons (Fsp3) is 0.455. The molecule has 1 aliphatic carbocycles. The van der Waals surface area contributed by atoms with Gasteiger partial charge >= 0.3 is 0 Å². The van der Waals surface area contributed by atoms with E-state index in [2.05, 4.69) is 6.92 Å². The maximum Gasteiger partial charge on any atom is 0.162 e. The quantitative estimate of drug-likeness (QED) is 0.585. The van der Waals surface area contributed by atoms with Gasteiger partial charge in [-0.15, -0.1) is 0 Å². The zero-order chi connectivity index (χ0) is 17.8. The van der Waals surface area contributed by atoms with E-state index in [1.54, 1.807) is 12.1 Å². The number of hydrogen-bond donors (Lipinski definition) is 0. The number of aryl methyl sites for hydroxylation is 2. The van der Waals surface area contributed by atoms with Crippen molar-refractivity contribution in [1.82, 2.24) is 0 Å². The van der Waals surface area contributed by atoms with Gasteiger partial charge in [0, 0.05) is 0 Å². The summed E-state index contributed by atoms with van der Waals surface area (Å²) in [6, 6.07) is 8.52. The van der Waals surface area contributed by atoms with Gasteiger partial charge in [-0.3, -0.25) is 0 Å². The molecule has 0 heterocycles. The van der Waals surface area contributed by atoms with Crippen molar-refractivity contribution in [3.05, 3.63) is 70.0 Å². The molecule has 1 unspecified atom stereocenters. The average Bonchev–Trinajstić information content (AvgIpc) is 2.62. The first-order valence-electron chi connectivity index (χ1n) is 9.31. The Labute approximate surface area is 148 Å². The minimum atomic E-state index is -0.762. The zero-order valence-electron chi connectivity index (χ0n) is 14.8. The zero-order valence-corrected chi connectivity index (χ0v) is 14.8. The van der Waals surface area contributed by atoms with Crippen LogP contribution in [0.15, 0.2) is 30.3 Å². The molecule has 2 aromatic rings. The van der Waals surface area contributed by atoms with Crippen LogP contribution in [0, 0.1) is 23.4 Å². The monoisotopic (exact) mass is 346 g/mol. The molecule has 0 saturated heterocycles. The summed E-state index contributed by atoms with van der Waals surface area (Å²) in [4.78, 5) is 0. The number of unbranched alkanes of at least 4 members (excludes halogenated alkanes) is 1. The molecule has 25 heavy (non-hydrogen) atoms. The molecule has 134 valence electrons. The summed E-state index contributed by atoms with van der Waals surface area (Å²) >= 11 is 0. The highest BCUT2D eigenvalue weighted by Crippen LogP contribution is 2.31. The van der Waals surface area contributed by atoms with Crippen LogP contribution >= 0.6 is 0 Å². The normalized spacial score (nSPS) is 16.7. The second-order valence-electron chi connectivity index (χ2n) is 7.18. The third-order valence-electron chi connectivity index (χ3n) is 5.36. The number of hydrogen-bond acceptors (Lipinski definition) is 0. The molecule has 0 amide bonds. The van der Waals surface area contributed by atoms with Crippen molar-refractivity contribution in [1.29, 1.82) is 0 Å². The second kappa shape index (κ2) is 8.07. The molecule has 3 rings (SSSR count). The van der Waals surface area contributed by atoms with Crippen LogP contribution in [0.2, 0.25) is 0 Å². The third-order valence-corrected chi connectivity index (χ3v) is 5.36. The summed E-state index contributed by atoms with van der Waals surface area (Å²) in [5.41, 5.74) is 3.26. The van der Waals surface area contributed by atoms with Crippen molar-refractivity contribution in [3.8, 4) is 0 Å². The van der Waals surface area contributed by atoms with Gasteiger partial charge < -0.3 is 0 Å². The maximum atomic E-state index is 14.3. The van der Waals surface area contributed by atoms with Crippen molar-refractivity contribution >= 4 is 0 Å². The van der Waals surface area contributed by atoms with Crippen molar-refractivity contribution in [3.63, 3.8) is 0 Å². The summed E-state index contributed by atoms with van der Waals surface area (Å²) in [5.74, 6) is -1.17. The number of halogens is 3. The van der Waals surface area contributed by atoms with E-state index in [0.717, 1.165) is 55.2 Å². The number of fused-ring (bicyclic) bond motifs is 1. The Morgan fingerprint density at radius 1 is 1.00 bits per heavy atom. The summed E-state index contributed by atoms with van der Waals surface area (Å²) in [6.45, 7) is 2.13. The number of benzene rings is 2. The Kier molecular flexibility index (Phi) is 5.82. The first-order valence-corrected chi connectivity index (χ1v) is 9.31. The lowest BCUT2D eigenvalue weighted by Crippen LogP contribution is -2.17. The molecule has 1 atom stereocenters. The van der Waals surface area contributed by atoms with Crippen LogP contribution in [-0.4, -0.2) is 0 Å². The first kappa shape index (κ1) is 18.0. The lowest BCUT2D eigenvalue weighted by atomic mass is 9.81. The van der Waals surface area contributed by atoms with E-state index in [1.807, 2.05) is 12.1 Å². The summed E-state index contributed by atoms with van der Waals surface area (Å²) in [5, 5.41) is 0. The van der Waals surface area contributed by atoms with Crippen molar-refractivity contribution in [2.75, 3.05) is 0 Å². The Morgan fingerprint density at radius 2 is 1.84 bits per heavy atom. The van der Waals surface area contributed by atoms with E-state index in [1.165, 1.54) is 6.07 Å². The third kappa shape index (κ3) is 4.26. The number of rotatable bonds is 6. The molecule has 0 saturated carbocycles. The highest BCUT2D eigenvalue weighted by molar-refractivity contribution is 5.32. The Hall–Kier alpha value is -1.77. The molecular formula is C22H25F3. The van der Waals surface area contributed by atoms with Gasteiger partial charge in [-0.1, -0.05) is 31.5 Å². The van der Waals surface area contributed by atoms with Crippen LogP contribution in [-0.2, 0) is 25.7 Å². The Bertz CT molecular complexity index is 736. The smallest absolute Gasteiger partial charge is 0.162 e. The van der Waals surface area contributed by atoms with Gasteiger partial charge in [-0.2, -0.15) is 0 Å². The molecular weight excluding hydrogens is 321 g/mol. The lowest BCUT2D eigenvalue weighted by Gasteiger charge is -2.25. The highest BCUT2D eigenvalue weighted by Gasteiger charge is 2.23. The Morgan fingerprint density at radius 3 is 2.60 bits per heavy atom.